The Morgan fingerprint density at radius 3 is 2.50 bits per heavy atom. The highest BCUT2D eigenvalue weighted by Gasteiger charge is 2.35. The Morgan fingerprint density at radius 1 is 1.16 bits per heavy atom. The number of carbonyl (C=O) groups is 1. The standard InChI is InChI=1S/C26H31NO4S/c1-17(2)21-7-5-20(6-8-21)14-27(23-9-10-32(29,30)16-23)25(28)13-22-15-31-24-12-18(3)11-19(4)26(22)24/h5-8,11-12,15,17,23H,9-10,13-14,16H2,1-4H3/t23-/m1/s1. The van der Waals surface area contributed by atoms with Crippen LogP contribution in [0.3, 0.4) is 0 Å². The third-order valence-corrected chi connectivity index (χ3v) is 8.15. The van der Waals surface area contributed by atoms with Gasteiger partial charge in [-0.2, -0.15) is 0 Å². The Bertz CT molecular complexity index is 1240. The zero-order chi connectivity index (χ0) is 23.0. The molecule has 0 unspecified atom stereocenters. The third kappa shape index (κ3) is 4.75. The van der Waals surface area contributed by atoms with Crippen LogP contribution in [0.1, 0.15) is 54.0 Å². The van der Waals surface area contributed by atoms with E-state index in [1.807, 2.05) is 32.0 Å². The predicted octanol–water partition coefficient (Wildman–Crippen LogP) is 4.93. The first-order chi connectivity index (χ1) is 15.1. The molecule has 0 radical (unpaired) electrons. The number of sulfone groups is 1. The number of amides is 1. The number of rotatable bonds is 6. The van der Waals surface area contributed by atoms with Crippen LogP contribution in [0.2, 0.25) is 0 Å². The van der Waals surface area contributed by atoms with Crippen LogP contribution in [-0.2, 0) is 27.6 Å². The molecule has 0 saturated carbocycles. The van der Waals surface area contributed by atoms with E-state index < -0.39 is 9.84 Å². The second-order valence-corrected chi connectivity index (χ2v) is 11.6. The van der Waals surface area contributed by atoms with Crippen LogP contribution in [0.4, 0.5) is 0 Å². The Hall–Kier alpha value is -2.60. The van der Waals surface area contributed by atoms with Crippen molar-refractivity contribution in [1.29, 1.82) is 0 Å². The van der Waals surface area contributed by atoms with Crippen molar-refractivity contribution in [2.24, 2.45) is 0 Å². The van der Waals surface area contributed by atoms with Gasteiger partial charge in [-0.15, -0.1) is 0 Å². The summed E-state index contributed by atoms with van der Waals surface area (Å²) in [4.78, 5) is 15.3. The average molecular weight is 454 g/mol. The molecule has 1 amide bonds. The molecule has 3 aromatic rings. The van der Waals surface area contributed by atoms with Crippen molar-refractivity contribution < 1.29 is 17.6 Å². The number of fused-ring (bicyclic) bond motifs is 1. The lowest BCUT2D eigenvalue weighted by atomic mass is 10.0. The van der Waals surface area contributed by atoms with Gasteiger partial charge in [0.25, 0.3) is 0 Å². The first-order valence-electron chi connectivity index (χ1n) is 11.2. The second-order valence-electron chi connectivity index (χ2n) is 9.37. The highest BCUT2D eigenvalue weighted by atomic mass is 32.2. The molecule has 5 nitrogen and oxygen atoms in total. The molecule has 4 rings (SSSR count). The Labute approximate surface area is 190 Å². The lowest BCUT2D eigenvalue weighted by molar-refractivity contribution is -0.133. The summed E-state index contributed by atoms with van der Waals surface area (Å²) >= 11 is 0. The minimum Gasteiger partial charge on any atom is -0.464 e. The first kappa shape index (κ1) is 22.6. The summed E-state index contributed by atoms with van der Waals surface area (Å²) < 4.78 is 30.0. The number of furan rings is 1. The maximum Gasteiger partial charge on any atom is 0.227 e. The van der Waals surface area contributed by atoms with E-state index in [4.69, 9.17) is 4.42 Å². The topological polar surface area (TPSA) is 67.6 Å². The zero-order valence-corrected chi connectivity index (χ0v) is 20.0. The summed E-state index contributed by atoms with van der Waals surface area (Å²) in [7, 11) is -3.10. The molecule has 1 aliphatic heterocycles. The highest BCUT2D eigenvalue weighted by Crippen LogP contribution is 2.28. The van der Waals surface area contributed by atoms with Gasteiger partial charge in [-0.25, -0.2) is 8.42 Å². The van der Waals surface area contributed by atoms with E-state index in [0.29, 0.717) is 18.9 Å². The molecule has 1 fully saturated rings. The minimum absolute atomic E-state index is 0.0349. The Balaban J connectivity index is 1.61. The van der Waals surface area contributed by atoms with Crippen LogP contribution in [0.25, 0.3) is 11.0 Å². The number of nitrogens with zero attached hydrogens (tertiary/aromatic N) is 1. The van der Waals surface area contributed by atoms with Crippen molar-refractivity contribution in [3.05, 3.63) is 70.5 Å². The van der Waals surface area contributed by atoms with Gasteiger partial charge in [0.15, 0.2) is 9.84 Å². The highest BCUT2D eigenvalue weighted by molar-refractivity contribution is 7.91. The number of hydrogen-bond donors (Lipinski definition) is 0. The molecule has 0 bridgehead atoms. The van der Waals surface area contributed by atoms with Crippen LogP contribution >= 0.6 is 0 Å². The molecule has 2 heterocycles. The van der Waals surface area contributed by atoms with Gasteiger partial charge < -0.3 is 9.32 Å². The third-order valence-electron chi connectivity index (χ3n) is 6.40. The number of benzene rings is 2. The van der Waals surface area contributed by atoms with Crippen molar-refractivity contribution in [3.8, 4) is 0 Å². The maximum atomic E-state index is 13.5. The molecule has 170 valence electrons. The van der Waals surface area contributed by atoms with Crippen LogP contribution in [0, 0.1) is 13.8 Å². The summed E-state index contributed by atoms with van der Waals surface area (Å²) in [5.41, 5.74) is 6.08. The van der Waals surface area contributed by atoms with Crippen LogP contribution in [-0.4, -0.2) is 36.8 Å². The van der Waals surface area contributed by atoms with Crippen molar-refractivity contribution in [1.82, 2.24) is 4.90 Å². The van der Waals surface area contributed by atoms with E-state index in [9.17, 15) is 13.2 Å². The summed E-state index contributed by atoms with van der Waals surface area (Å²) in [6, 6.07) is 12.0. The molecule has 0 aliphatic carbocycles. The van der Waals surface area contributed by atoms with E-state index in [2.05, 4.69) is 32.0 Å². The largest absolute Gasteiger partial charge is 0.464 e. The van der Waals surface area contributed by atoms with E-state index in [1.165, 1.54) is 5.56 Å². The van der Waals surface area contributed by atoms with E-state index in [-0.39, 0.29) is 29.9 Å². The van der Waals surface area contributed by atoms with Gasteiger partial charge in [-0.3, -0.25) is 4.79 Å². The fraction of sp³-hybridized carbons (Fsp3) is 0.423. The minimum atomic E-state index is -3.10. The second kappa shape index (κ2) is 8.74. The van der Waals surface area contributed by atoms with Gasteiger partial charge in [0.2, 0.25) is 5.91 Å². The molecule has 0 N–H and O–H groups in total. The fourth-order valence-corrected chi connectivity index (χ4v) is 6.40. The summed E-state index contributed by atoms with van der Waals surface area (Å²) in [5, 5.41) is 0.976. The van der Waals surface area contributed by atoms with Gasteiger partial charge >= 0.3 is 0 Å². The molecule has 1 aliphatic rings. The molecule has 32 heavy (non-hydrogen) atoms. The molecule has 1 aromatic heterocycles. The van der Waals surface area contributed by atoms with Gasteiger partial charge in [0.1, 0.15) is 5.58 Å². The quantitative estimate of drug-likeness (QED) is 0.531. The monoisotopic (exact) mass is 453 g/mol. The lowest BCUT2D eigenvalue weighted by Crippen LogP contribution is -2.41. The van der Waals surface area contributed by atoms with Gasteiger partial charge in [0, 0.05) is 23.5 Å². The van der Waals surface area contributed by atoms with Crippen LogP contribution < -0.4 is 0 Å². The predicted molar refractivity (Wildman–Crippen MR) is 128 cm³/mol. The van der Waals surface area contributed by atoms with Crippen molar-refractivity contribution in [2.75, 3.05) is 11.5 Å². The van der Waals surface area contributed by atoms with E-state index in [0.717, 1.165) is 33.2 Å². The molecule has 0 spiro atoms. The first-order valence-corrected chi connectivity index (χ1v) is 13.0. The SMILES string of the molecule is Cc1cc(C)c2c(CC(=O)N(Cc3ccc(C(C)C)cc3)[C@@H]3CCS(=O)(=O)C3)coc2c1. The molecule has 6 heteroatoms. The van der Waals surface area contributed by atoms with Crippen molar-refractivity contribution in [2.45, 2.75) is 59.0 Å². The van der Waals surface area contributed by atoms with Crippen LogP contribution in [0.5, 0.6) is 0 Å². The Morgan fingerprint density at radius 2 is 1.88 bits per heavy atom. The van der Waals surface area contributed by atoms with Crippen molar-refractivity contribution in [3.63, 3.8) is 0 Å². The summed E-state index contributed by atoms with van der Waals surface area (Å²) in [6.07, 6.45) is 2.34. The van der Waals surface area contributed by atoms with Gasteiger partial charge in [0.05, 0.1) is 24.2 Å². The average Bonchev–Trinajstić information content (AvgIpc) is 3.29. The fourth-order valence-electron chi connectivity index (χ4n) is 4.67. The van der Waals surface area contributed by atoms with Crippen molar-refractivity contribution >= 4 is 26.7 Å². The maximum absolute atomic E-state index is 13.5. The zero-order valence-electron chi connectivity index (χ0n) is 19.2. The van der Waals surface area contributed by atoms with Gasteiger partial charge in [-0.1, -0.05) is 44.2 Å². The number of carbonyl (C=O) groups excluding carboxylic acids is 1. The molecule has 1 atom stereocenters. The number of aryl methyl sites for hydroxylation is 2. The summed E-state index contributed by atoms with van der Waals surface area (Å²) in [5.74, 6) is 0.541. The molecular formula is C26H31NO4S. The smallest absolute Gasteiger partial charge is 0.227 e. The number of hydrogen-bond acceptors (Lipinski definition) is 4. The van der Waals surface area contributed by atoms with Crippen LogP contribution in [0.15, 0.2) is 47.1 Å². The van der Waals surface area contributed by atoms with E-state index >= 15 is 0 Å². The van der Waals surface area contributed by atoms with E-state index in [1.54, 1.807) is 11.2 Å². The van der Waals surface area contributed by atoms with Gasteiger partial charge in [-0.05, 0) is 54.5 Å². The lowest BCUT2D eigenvalue weighted by Gasteiger charge is -2.28. The Kier molecular flexibility index (Phi) is 6.17. The molecular weight excluding hydrogens is 422 g/mol. The summed E-state index contributed by atoms with van der Waals surface area (Å²) in [6.45, 7) is 8.74. The molecule has 1 saturated heterocycles. The molecule has 2 aromatic carbocycles. The normalized spacial score (nSPS) is 17.8.